The molecule has 1 saturated heterocycles. The molecular weight excluding hydrogens is 232 g/mol. The molecule has 1 aliphatic rings. The van der Waals surface area contributed by atoms with E-state index in [0.29, 0.717) is 19.0 Å². The average Bonchev–Trinajstić information content (AvgIpc) is 2.86. The lowest BCUT2D eigenvalue weighted by Crippen LogP contribution is -2.39. The van der Waals surface area contributed by atoms with Crippen LogP contribution >= 0.6 is 0 Å². The van der Waals surface area contributed by atoms with Crippen LogP contribution in [0.3, 0.4) is 0 Å². The van der Waals surface area contributed by atoms with Crippen LogP contribution in [0.1, 0.15) is 19.8 Å². The standard InChI is InChI=1S/C12H18N4O2/c1-2-4-15-12(17)16-7-3-10(9-16)18-11-8-13-5-6-14-11/h5-6,8,10H,2-4,7,9H2,1H3,(H,15,17). The van der Waals surface area contributed by atoms with E-state index in [2.05, 4.69) is 15.3 Å². The Hall–Kier alpha value is -1.85. The maximum Gasteiger partial charge on any atom is 0.317 e. The number of carbonyl (C=O) groups excluding carboxylic acids is 1. The van der Waals surface area contributed by atoms with E-state index in [4.69, 9.17) is 4.74 Å². The maximum atomic E-state index is 11.7. The third-order valence-corrected chi connectivity index (χ3v) is 2.79. The number of hydrogen-bond acceptors (Lipinski definition) is 4. The van der Waals surface area contributed by atoms with Crippen molar-refractivity contribution < 1.29 is 9.53 Å². The highest BCUT2D eigenvalue weighted by Crippen LogP contribution is 2.15. The third-order valence-electron chi connectivity index (χ3n) is 2.79. The van der Waals surface area contributed by atoms with Gasteiger partial charge in [-0.05, 0) is 6.42 Å². The fourth-order valence-corrected chi connectivity index (χ4v) is 1.87. The lowest BCUT2D eigenvalue weighted by molar-refractivity contribution is 0.183. The highest BCUT2D eigenvalue weighted by molar-refractivity contribution is 5.74. The summed E-state index contributed by atoms with van der Waals surface area (Å²) in [6, 6.07) is -0.0119. The van der Waals surface area contributed by atoms with Crippen LogP contribution in [0, 0.1) is 0 Å². The summed E-state index contributed by atoms with van der Waals surface area (Å²) < 4.78 is 5.66. The van der Waals surface area contributed by atoms with Crippen molar-refractivity contribution in [2.24, 2.45) is 0 Å². The average molecular weight is 250 g/mol. The minimum atomic E-state index is -0.0119. The summed E-state index contributed by atoms with van der Waals surface area (Å²) in [5, 5.41) is 2.86. The second kappa shape index (κ2) is 6.18. The molecule has 2 amide bonds. The van der Waals surface area contributed by atoms with Crippen molar-refractivity contribution in [3.05, 3.63) is 18.6 Å². The number of nitrogens with zero attached hydrogens (tertiary/aromatic N) is 3. The van der Waals surface area contributed by atoms with Crippen LogP contribution in [-0.4, -0.2) is 46.6 Å². The molecule has 0 radical (unpaired) electrons. The minimum Gasteiger partial charge on any atom is -0.471 e. The second-order valence-corrected chi connectivity index (χ2v) is 4.25. The summed E-state index contributed by atoms with van der Waals surface area (Å²) in [5.41, 5.74) is 0. The van der Waals surface area contributed by atoms with Crippen LogP contribution in [0.2, 0.25) is 0 Å². The van der Waals surface area contributed by atoms with E-state index >= 15 is 0 Å². The van der Waals surface area contributed by atoms with Gasteiger partial charge in [0.2, 0.25) is 5.88 Å². The molecule has 98 valence electrons. The molecule has 2 heterocycles. The fraction of sp³-hybridized carbons (Fsp3) is 0.583. The number of carbonyl (C=O) groups is 1. The number of urea groups is 1. The van der Waals surface area contributed by atoms with Crippen molar-refractivity contribution in [1.29, 1.82) is 0 Å². The number of hydrogen-bond donors (Lipinski definition) is 1. The van der Waals surface area contributed by atoms with Gasteiger partial charge in [0.1, 0.15) is 6.10 Å². The van der Waals surface area contributed by atoms with E-state index in [1.54, 1.807) is 23.5 Å². The second-order valence-electron chi connectivity index (χ2n) is 4.25. The predicted molar refractivity (Wildman–Crippen MR) is 66.3 cm³/mol. The monoisotopic (exact) mass is 250 g/mol. The molecule has 18 heavy (non-hydrogen) atoms. The van der Waals surface area contributed by atoms with Gasteiger partial charge in [0.05, 0.1) is 12.7 Å². The minimum absolute atomic E-state index is 0.00840. The molecule has 1 atom stereocenters. The largest absolute Gasteiger partial charge is 0.471 e. The molecule has 1 aromatic heterocycles. The van der Waals surface area contributed by atoms with Crippen LogP contribution in [-0.2, 0) is 0 Å². The quantitative estimate of drug-likeness (QED) is 0.867. The molecule has 0 bridgehead atoms. The van der Waals surface area contributed by atoms with Crippen molar-refractivity contribution in [3.63, 3.8) is 0 Å². The van der Waals surface area contributed by atoms with E-state index in [-0.39, 0.29) is 12.1 Å². The van der Waals surface area contributed by atoms with Crippen molar-refractivity contribution in [2.45, 2.75) is 25.9 Å². The summed E-state index contributed by atoms with van der Waals surface area (Å²) in [4.78, 5) is 21.5. The number of amides is 2. The third kappa shape index (κ3) is 3.32. The van der Waals surface area contributed by atoms with Crippen molar-refractivity contribution in [3.8, 4) is 5.88 Å². The Morgan fingerprint density at radius 2 is 2.50 bits per heavy atom. The molecular formula is C12H18N4O2. The number of likely N-dealkylation sites (tertiary alicyclic amines) is 1. The van der Waals surface area contributed by atoms with Crippen LogP contribution in [0.4, 0.5) is 4.79 Å². The molecule has 6 nitrogen and oxygen atoms in total. The normalized spacial score (nSPS) is 18.7. The molecule has 0 aromatic carbocycles. The van der Waals surface area contributed by atoms with E-state index in [1.165, 1.54) is 0 Å². The zero-order valence-corrected chi connectivity index (χ0v) is 10.5. The van der Waals surface area contributed by atoms with Crippen molar-refractivity contribution >= 4 is 6.03 Å². The van der Waals surface area contributed by atoms with Crippen LogP contribution in [0.5, 0.6) is 5.88 Å². The lowest BCUT2D eigenvalue weighted by atomic mass is 10.3. The van der Waals surface area contributed by atoms with Crippen LogP contribution < -0.4 is 10.1 Å². The summed E-state index contributed by atoms with van der Waals surface area (Å²) in [5.74, 6) is 0.512. The van der Waals surface area contributed by atoms with E-state index in [9.17, 15) is 4.79 Å². The highest BCUT2D eigenvalue weighted by Gasteiger charge is 2.27. The number of rotatable bonds is 4. The van der Waals surface area contributed by atoms with Gasteiger partial charge >= 0.3 is 6.03 Å². The summed E-state index contributed by atoms with van der Waals surface area (Å²) in [7, 11) is 0. The first-order valence-electron chi connectivity index (χ1n) is 6.25. The molecule has 0 spiro atoms. The Balaban J connectivity index is 1.80. The fourth-order valence-electron chi connectivity index (χ4n) is 1.87. The van der Waals surface area contributed by atoms with Gasteiger partial charge < -0.3 is 15.0 Å². The summed E-state index contributed by atoms with van der Waals surface area (Å²) >= 11 is 0. The Morgan fingerprint density at radius 1 is 1.61 bits per heavy atom. The van der Waals surface area contributed by atoms with Crippen molar-refractivity contribution in [1.82, 2.24) is 20.2 Å². The smallest absolute Gasteiger partial charge is 0.317 e. The summed E-state index contributed by atoms with van der Waals surface area (Å²) in [6.07, 6.45) is 6.56. The molecule has 1 aromatic rings. The van der Waals surface area contributed by atoms with Gasteiger partial charge in [-0.1, -0.05) is 6.92 Å². The molecule has 6 heteroatoms. The zero-order valence-electron chi connectivity index (χ0n) is 10.5. The summed E-state index contributed by atoms with van der Waals surface area (Å²) in [6.45, 7) is 4.07. The molecule has 1 fully saturated rings. The van der Waals surface area contributed by atoms with Gasteiger partial charge in [0.15, 0.2) is 0 Å². The van der Waals surface area contributed by atoms with Crippen LogP contribution in [0.15, 0.2) is 18.6 Å². The van der Waals surface area contributed by atoms with Gasteiger partial charge in [-0.3, -0.25) is 4.98 Å². The van der Waals surface area contributed by atoms with E-state index in [0.717, 1.165) is 19.4 Å². The number of aromatic nitrogens is 2. The topological polar surface area (TPSA) is 67.4 Å². The Kier molecular flexibility index (Phi) is 4.33. The molecule has 1 N–H and O–H groups in total. The highest BCUT2D eigenvalue weighted by atomic mass is 16.5. The van der Waals surface area contributed by atoms with E-state index in [1.807, 2.05) is 6.92 Å². The SMILES string of the molecule is CCCNC(=O)N1CCC(Oc2cnccn2)C1. The Labute approximate surface area is 106 Å². The first-order chi connectivity index (χ1) is 8.79. The van der Waals surface area contributed by atoms with Gasteiger partial charge in [0.25, 0.3) is 0 Å². The molecule has 0 aliphatic carbocycles. The number of nitrogens with one attached hydrogen (secondary N) is 1. The molecule has 0 saturated carbocycles. The number of ether oxygens (including phenoxy) is 1. The van der Waals surface area contributed by atoms with E-state index < -0.39 is 0 Å². The van der Waals surface area contributed by atoms with Gasteiger partial charge in [-0.2, -0.15) is 0 Å². The first-order valence-corrected chi connectivity index (χ1v) is 6.25. The van der Waals surface area contributed by atoms with Gasteiger partial charge in [-0.25, -0.2) is 9.78 Å². The predicted octanol–water partition coefficient (Wildman–Crippen LogP) is 1.05. The lowest BCUT2D eigenvalue weighted by Gasteiger charge is -2.17. The van der Waals surface area contributed by atoms with Crippen molar-refractivity contribution in [2.75, 3.05) is 19.6 Å². The first kappa shape index (κ1) is 12.6. The molecule has 1 unspecified atom stereocenters. The molecule has 1 aliphatic heterocycles. The maximum absolute atomic E-state index is 11.7. The van der Waals surface area contributed by atoms with Gasteiger partial charge in [0, 0.05) is 31.9 Å². The van der Waals surface area contributed by atoms with Gasteiger partial charge in [-0.15, -0.1) is 0 Å². The Morgan fingerprint density at radius 3 is 3.22 bits per heavy atom. The van der Waals surface area contributed by atoms with Crippen LogP contribution in [0.25, 0.3) is 0 Å². The molecule has 2 rings (SSSR count). The zero-order chi connectivity index (χ0) is 12.8. The Bertz CT molecular complexity index is 385.